The molecule has 0 radical (unpaired) electrons. The maximum atomic E-state index is 10.6. The first-order valence-corrected chi connectivity index (χ1v) is 4.71. The minimum Gasteiger partial charge on any atom is -0.508 e. The number of hydrogen-bond donors (Lipinski definition) is 1. The smallest absolute Gasteiger partial charge is 0.302 e. The van der Waals surface area contributed by atoms with E-state index >= 15 is 0 Å². The van der Waals surface area contributed by atoms with Gasteiger partial charge in [-0.3, -0.25) is 4.79 Å². The molecule has 0 unspecified atom stereocenters. The molecule has 0 bridgehead atoms. The molecule has 0 saturated carbocycles. The predicted molar refractivity (Wildman–Crippen MR) is 54.7 cm³/mol. The summed E-state index contributed by atoms with van der Waals surface area (Å²) in [4.78, 5) is 10.6. The van der Waals surface area contributed by atoms with Gasteiger partial charge in [0.2, 0.25) is 0 Å². The third kappa shape index (κ3) is 3.89. The molecule has 0 saturated heterocycles. The largest absolute Gasteiger partial charge is 0.508 e. The molecule has 0 amide bonds. The lowest BCUT2D eigenvalue weighted by Gasteiger charge is -2.07. The summed E-state index contributed by atoms with van der Waals surface area (Å²) in [5.41, 5.74) is 0.702. The molecule has 0 aliphatic rings. The Morgan fingerprint density at radius 3 is 2.73 bits per heavy atom. The molecule has 0 aliphatic carbocycles. The molecule has 0 fully saturated rings. The Labute approximate surface area is 88.4 Å². The summed E-state index contributed by atoms with van der Waals surface area (Å²) in [5.74, 6) is 0.319. The van der Waals surface area contributed by atoms with Crippen LogP contribution < -0.4 is 4.74 Å². The van der Waals surface area contributed by atoms with Crippen LogP contribution in [-0.4, -0.2) is 17.7 Å². The van der Waals surface area contributed by atoms with Gasteiger partial charge in [-0.15, -0.1) is 0 Å². The van der Waals surface area contributed by atoms with Crippen molar-refractivity contribution in [2.75, 3.05) is 6.61 Å². The predicted octanol–water partition coefficient (Wildman–Crippen LogP) is 1.85. The Balaban J connectivity index is 2.74. The fraction of sp³-hybridized carbons (Fsp3) is 0.364. The van der Waals surface area contributed by atoms with Crippen molar-refractivity contribution >= 4 is 5.97 Å². The average Bonchev–Trinajstić information content (AvgIpc) is 2.14. The fourth-order valence-electron chi connectivity index (χ4n) is 1.16. The Bertz CT molecular complexity index is 346. The Morgan fingerprint density at radius 1 is 1.40 bits per heavy atom. The van der Waals surface area contributed by atoms with E-state index in [1.54, 1.807) is 6.07 Å². The molecule has 0 atom stereocenters. The van der Waals surface area contributed by atoms with E-state index in [1.165, 1.54) is 19.1 Å². The first-order chi connectivity index (χ1) is 7.11. The Hall–Kier alpha value is -1.71. The lowest BCUT2D eigenvalue weighted by atomic mass is 10.2. The molecule has 0 aromatic heterocycles. The number of rotatable bonds is 4. The van der Waals surface area contributed by atoms with Gasteiger partial charge in [0.1, 0.15) is 18.1 Å². The van der Waals surface area contributed by atoms with Crippen molar-refractivity contribution in [3.63, 3.8) is 0 Å². The van der Waals surface area contributed by atoms with Crippen LogP contribution >= 0.6 is 0 Å². The van der Waals surface area contributed by atoms with Crippen molar-refractivity contribution < 1.29 is 19.4 Å². The second-order valence-electron chi connectivity index (χ2n) is 3.05. The maximum Gasteiger partial charge on any atom is 0.302 e. The molecule has 1 aromatic rings. The highest BCUT2D eigenvalue weighted by Gasteiger charge is 2.02. The third-order valence-electron chi connectivity index (χ3n) is 1.70. The first kappa shape index (κ1) is 11.4. The summed E-state index contributed by atoms with van der Waals surface area (Å²) >= 11 is 0. The van der Waals surface area contributed by atoms with Gasteiger partial charge in [0.05, 0.1) is 6.61 Å². The summed E-state index contributed by atoms with van der Waals surface area (Å²) in [6.45, 7) is 3.86. The van der Waals surface area contributed by atoms with Crippen molar-refractivity contribution in [3.8, 4) is 11.5 Å². The van der Waals surface area contributed by atoms with Crippen molar-refractivity contribution in [2.45, 2.75) is 20.5 Å². The van der Waals surface area contributed by atoms with Crippen LogP contribution in [0, 0.1) is 0 Å². The van der Waals surface area contributed by atoms with Gasteiger partial charge in [-0.1, -0.05) is 0 Å². The first-order valence-electron chi connectivity index (χ1n) is 4.71. The summed E-state index contributed by atoms with van der Waals surface area (Å²) in [7, 11) is 0. The number of phenols is 1. The number of aromatic hydroxyl groups is 1. The Morgan fingerprint density at radius 2 is 2.13 bits per heavy atom. The van der Waals surface area contributed by atoms with Crippen LogP contribution in [0.4, 0.5) is 0 Å². The number of ether oxygens (including phenoxy) is 2. The van der Waals surface area contributed by atoms with Crippen molar-refractivity contribution in [1.82, 2.24) is 0 Å². The van der Waals surface area contributed by atoms with Gasteiger partial charge >= 0.3 is 5.97 Å². The summed E-state index contributed by atoms with van der Waals surface area (Å²) in [5, 5.41) is 9.37. The van der Waals surface area contributed by atoms with E-state index in [9.17, 15) is 9.90 Å². The number of carbonyl (C=O) groups excluding carboxylic acids is 1. The van der Waals surface area contributed by atoms with Crippen LogP contribution in [0.25, 0.3) is 0 Å². The highest BCUT2D eigenvalue weighted by Crippen LogP contribution is 2.22. The van der Waals surface area contributed by atoms with Crippen LogP contribution in [0.5, 0.6) is 11.5 Å². The van der Waals surface area contributed by atoms with Crippen molar-refractivity contribution in [3.05, 3.63) is 23.8 Å². The summed E-state index contributed by atoms with van der Waals surface area (Å²) in [6.07, 6.45) is 0. The zero-order chi connectivity index (χ0) is 11.3. The molecule has 4 heteroatoms. The number of carbonyl (C=O) groups is 1. The lowest BCUT2D eigenvalue weighted by Crippen LogP contribution is -1.99. The van der Waals surface area contributed by atoms with Crippen LogP contribution in [0.1, 0.15) is 19.4 Å². The SMILES string of the molecule is CCOc1cc(O)cc(COC(C)=O)c1. The number of hydrogen-bond acceptors (Lipinski definition) is 4. The third-order valence-corrected chi connectivity index (χ3v) is 1.70. The van der Waals surface area contributed by atoms with Gasteiger partial charge in [0, 0.05) is 13.0 Å². The second-order valence-corrected chi connectivity index (χ2v) is 3.05. The highest BCUT2D eigenvalue weighted by atomic mass is 16.5. The normalized spacial score (nSPS) is 9.73. The van der Waals surface area contributed by atoms with E-state index in [4.69, 9.17) is 9.47 Å². The number of esters is 1. The average molecular weight is 210 g/mol. The molecule has 82 valence electrons. The molecule has 1 N–H and O–H groups in total. The molecule has 1 aromatic carbocycles. The van der Waals surface area contributed by atoms with E-state index in [0.717, 1.165) is 0 Å². The molecule has 1 rings (SSSR count). The van der Waals surface area contributed by atoms with Gasteiger partial charge in [-0.2, -0.15) is 0 Å². The standard InChI is InChI=1S/C11H14O4/c1-3-14-11-5-9(4-10(13)6-11)7-15-8(2)12/h4-6,13H,3,7H2,1-2H3. The summed E-state index contributed by atoms with van der Waals surface area (Å²) in [6, 6.07) is 4.78. The topological polar surface area (TPSA) is 55.8 Å². The zero-order valence-corrected chi connectivity index (χ0v) is 8.82. The van der Waals surface area contributed by atoms with E-state index in [-0.39, 0.29) is 18.3 Å². The lowest BCUT2D eigenvalue weighted by molar-refractivity contribution is -0.142. The van der Waals surface area contributed by atoms with E-state index in [0.29, 0.717) is 17.9 Å². The minimum atomic E-state index is -0.351. The van der Waals surface area contributed by atoms with Gasteiger partial charge in [0.15, 0.2) is 0 Å². The monoisotopic (exact) mass is 210 g/mol. The maximum absolute atomic E-state index is 10.6. The van der Waals surface area contributed by atoms with Crippen LogP contribution in [-0.2, 0) is 16.1 Å². The van der Waals surface area contributed by atoms with E-state index in [2.05, 4.69) is 0 Å². The van der Waals surface area contributed by atoms with Gasteiger partial charge in [-0.25, -0.2) is 0 Å². The van der Waals surface area contributed by atoms with E-state index in [1.807, 2.05) is 6.92 Å². The number of phenolic OH excluding ortho intramolecular Hbond substituents is 1. The fourth-order valence-corrected chi connectivity index (χ4v) is 1.16. The summed E-state index contributed by atoms with van der Waals surface area (Å²) < 4.78 is 10.0. The molecule has 15 heavy (non-hydrogen) atoms. The molecular weight excluding hydrogens is 196 g/mol. The molecule has 0 aliphatic heterocycles. The zero-order valence-electron chi connectivity index (χ0n) is 8.82. The molecule has 4 nitrogen and oxygen atoms in total. The van der Waals surface area contributed by atoms with Crippen LogP contribution in [0.3, 0.4) is 0 Å². The molecular formula is C11H14O4. The highest BCUT2D eigenvalue weighted by molar-refractivity contribution is 5.65. The van der Waals surface area contributed by atoms with Crippen LogP contribution in [0.2, 0.25) is 0 Å². The van der Waals surface area contributed by atoms with Gasteiger partial charge in [-0.05, 0) is 24.6 Å². The van der Waals surface area contributed by atoms with Crippen molar-refractivity contribution in [1.29, 1.82) is 0 Å². The van der Waals surface area contributed by atoms with Crippen molar-refractivity contribution in [2.24, 2.45) is 0 Å². The molecule has 0 heterocycles. The van der Waals surface area contributed by atoms with Gasteiger partial charge < -0.3 is 14.6 Å². The van der Waals surface area contributed by atoms with Crippen LogP contribution in [0.15, 0.2) is 18.2 Å². The van der Waals surface area contributed by atoms with Gasteiger partial charge in [0.25, 0.3) is 0 Å². The molecule has 0 spiro atoms. The minimum absolute atomic E-state index is 0.100. The second kappa shape index (κ2) is 5.24. The van der Waals surface area contributed by atoms with E-state index < -0.39 is 0 Å². The quantitative estimate of drug-likeness (QED) is 0.770. The Kier molecular flexibility index (Phi) is 3.97. The number of benzene rings is 1.